The van der Waals surface area contributed by atoms with E-state index >= 15 is 0 Å². The Morgan fingerprint density at radius 2 is 1.74 bits per heavy atom. The predicted octanol–water partition coefficient (Wildman–Crippen LogP) is 2.44. The van der Waals surface area contributed by atoms with Gasteiger partial charge in [0.05, 0.1) is 5.69 Å². The van der Waals surface area contributed by atoms with Gasteiger partial charge in [-0.25, -0.2) is 0 Å². The zero-order chi connectivity index (χ0) is 16.4. The smallest absolute Gasteiger partial charge is 0.264 e. The number of carbonyl (C=O) groups excluding carboxylic acids is 2. The number of rotatable bonds is 5. The van der Waals surface area contributed by atoms with E-state index in [0.717, 1.165) is 5.56 Å². The molecule has 1 aliphatic heterocycles. The average Bonchev–Trinajstić information content (AvgIpc) is 2.75. The van der Waals surface area contributed by atoms with Crippen molar-refractivity contribution in [1.82, 2.24) is 0 Å². The summed E-state index contributed by atoms with van der Waals surface area (Å²) in [4.78, 5) is 25.9. The van der Waals surface area contributed by atoms with Gasteiger partial charge in [-0.05, 0) is 25.0 Å². The van der Waals surface area contributed by atoms with Crippen LogP contribution in [0.1, 0.15) is 24.5 Å². The summed E-state index contributed by atoms with van der Waals surface area (Å²) in [7, 11) is 0. The van der Waals surface area contributed by atoms with Gasteiger partial charge in [-0.15, -0.1) is 0 Å². The lowest BCUT2D eigenvalue weighted by molar-refractivity contribution is -0.141. The lowest BCUT2D eigenvalue weighted by Crippen LogP contribution is -2.42. The molecule has 1 heterocycles. The first kappa shape index (κ1) is 15.4. The number of hydrogen-bond acceptors (Lipinski definition) is 3. The van der Waals surface area contributed by atoms with Crippen LogP contribution in [0.25, 0.3) is 0 Å². The minimum absolute atomic E-state index is 0.190. The van der Waals surface area contributed by atoms with Crippen molar-refractivity contribution in [2.75, 3.05) is 11.4 Å². The molecule has 3 rings (SSSR count). The maximum absolute atomic E-state index is 12.8. The second-order valence-electron chi connectivity index (χ2n) is 5.95. The quantitative estimate of drug-likeness (QED) is 0.923. The summed E-state index contributed by atoms with van der Waals surface area (Å²) in [6.07, 6.45) is 0.502. The molecule has 0 aliphatic carbocycles. The molecule has 2 aromatic carbocycles. The Morgan fingerprint density at radius 3 is 2.43 bits per heavy atom. The minimum atomic E-state index is -1.74. The fraction of sp³-hybridized carbons (Fsp3) is 0.263. The Kier molecular flexibility index (Phi) is 4.01. The van der Waals surface area contributed by atoms with Gasteiger partial charge in [0.1, 0.15) is 5.78 Å². The van der Waals surface area contributed by atoms with Gasteiger partial charge < -0.3 is 10.0 Å². The van der Waals surface area contributed by atoms with E-state index < -0.39 is 11.5 Å². The molecule has 1 N–H and O–H groups in total. The summed E-state index contributed by atoms with van der Waals surface area (Å²) in [5, 5.41) is 10.8. The molecule has 1 atom stereocenters. The Bertz CT molecular complexity index is 741. The highest BCUT2D eigenvalue weighted by Gasteiger charge is 2.49. The monoisotopic (exact) mass is 309 g/mol. The van der Waals surface area contributed by atoms with Gasteiger partial charge >= 0.3 is 0 Å². The van der Waals surface area contributed by atoms with Crippen molar-refractivity contribution >= 4 is 17.4 Å². The molecule has 4 heteroatoms. The fourth-order valence-corrected chi connectivity index (χ4v) is 3.15. The number of benzene rings is 2. The summed E-state index contributed by atoms with van der Waals surface area (Å²) in [5.74, 6) is -0.620. The summed E-state index contributed by atoms with van der Waals surface area (Å²) >= 11 is 0. The second-order valence-corrected chi connectivity index (χ2v) is 5.95. The lowest BCUT2D eigenvalue weighted by Gasteiger charge is -2.22. The van der Waals surface area contributed by atoms with E-state index in [-0.39, 0.29) is 12.2 Å². The number of nitrogens with zero attached hydrogens (tertiary/aromatic N) is 1. The molecule has 2 aromatic rings. The van der Waals surface area contributed by atoms with Crippen LogP contribution in [0.4, 0.5) is 5.69 Å². The van der Waals surface area contributed by atoms with Crippen molar-refractivity contribution in [1.29, 1.82) is 0 Å². The first-order valence-corrected chi connectivity index (χ1v) is 7.69. The molecular weight excluding hydrogens is 290 g/mol. The molecule has 1 aliphatic rings. The van der Waals surface area contributed by atoms with Crippen molar-refractivity contribution in [2.45, 2.75) is 25.4 Å². The highest BCUT2D eigenvalue weighted by molar-refractivity contribution is 6.08. The lowest BCUT2D eigenvalue weighted by atomic mass is 9.90. The molecule has 0 fully saturated rings. The molecule has 0 spiro atoms. The maximum atomic E-state index is 12.8. The van der Waals surface area contributed by atoms with Crippen molar-refractivity contribution in [3.8, 4) is 0 Å². The van der Waals surface area contributed by atoms with Gasteiger partial charge in [-0.3, -0.25) is 9.59 Å². The Balaban J connectivity index is 1.90. The van der Waals surface area contributed by atoms with Crippen molar-refractivity contribution in [3.05, 3.63) is 65.7 Å². The van der Waals surface area contributed by atoms with E-state index in [2.05, 4.69) is 0 Å². The van der Waals surface area contributed by atoms with Crippen LogP contribution < -0.4 is 4.90 Å². The molecule has 0 unspecified atom stereocenters. The predicted molar refractivity (Wildman–Crippen MR) is 88.1 cm³/mol. The summed E-state index contributed by atoms with van der Waals surface area (Å²) in [6, 6.07) is 17.0. The summed E-state index contributed by atoms with van der Waals surface area (Å²) in [6.45, 7) is 1.86. The van der Waals surface area contributed by atoms with E-state index in [0.29, 0.717) is 24.2 Å². The fourth-order valence-electron chi connectivity index (χ4n) is 3.15. The number of carbonyl (C=O) groups is 2. The molecule has 118 valence electrons. The van der Waals surface area contributed by atoms with Crippen LogP contribution in [0.15, 0.2) is 54.6 Å². The largest absolute Gasteiger partial charge is 0.375 e. The average molecular weight is 309 g/mol. The minimum Gasteiger partial charge on any atom is -0.375 e. The van der Waals surface area contributed by atoms with Gasteiger partial charge in [-0.2, -0.15) is 0 Å². The number of ketones is 1. The zero-order valence-corrected chi connectivity index (χ0v) is 13.0. The van der Waals surface area contributed by atoms with Gasteiger partial charge in [0.15, 0.2) is 5.60 Å². The van der Waals surface area contributed by atoms with E-state index in [1.165, 1.54) is 6.92 Å². The Labute approximate surface area is 135 Å². The van der Waals surface area contributed by atoms with Gasteiger partial charge in [0.25, 0.3) is 5.91 Å². The topological polar surface area (TPSA) is 57.6 Å². The maximum Gasteiger partial charge on any atom is 0.264 e. The third kappa shape index (κ3) is 2.78. The zero-order valence-electron chi connectivity index (χ0n) is 13.0. The number of aliphatic hydroxyl groups is 1. The SMILES string of the molecule is CC(=O)C[C@@]1(O)C(=O)N(CCc2ccccc2)c2ccccc21. The standard InChI is InChI=1S/C19H19NO3/c1-14(21)13-19(23)16-9-5-6-10-17(16)20(18(19)22)12-11-15-7-3-2-4-8-15/h2-10,23H,11-13H2,1H3/t19-/m0/s1. The molecular formula is C19H19NO3. The number of amides is 1. The van der Waals surface area contributed by atoms with Crippen LogP contribution in [-0.2, 0) is 21.6 Å². The number of anilines is 1. The van der Waals surface area contributed by atoms with E-state index in [4.69, 9.17) is 0 Å². The van der Waals surface area contributed by atoms with Crippen molar-refractivity contribution < 1.29 is 14.7 Å². The summed E-state index contributed by atoms with van der Waals surface area (Å²) in [5.41, 5.74) is 0.601. The molecule has 0 saturated heterocycles. The number of Topliss-reactive ketones (excluding diaryl/α,β-unsaturated/α-hetero) is 1. The van der Waals surface area contributed by atoms with Crippen LogP contribution in [0.5, 0.6) is 0 Å². The third-order valence-corrected chi connectivity index (χ3v) is 4.21. The van der Waals surface area contributed by atoms with Gasteiger partial charge in [-0.1, -0.05) is 48.5 Å². The van der Waals surface area contributed by atoms with Crippen LogP contribution in [0.3, 0.4) is 0 Å². The third-order valence-electron chi connectivity index (χ3n) is 4.21. The molecule has 4 nitrogen and oxygen atoms in total. The number of para-hydroxylation sites is 1. The van der Waals surface area contributed by atoms with Crippen molar-refractivity contribution in [2.24, 2.45) is 0 Å². The summed E-state index contributed by atoms with van der Waals surface area (Å²) < 4.78 is 0. The molecule has 0 radical (unpaired) electrons. The highest BCUT2D eigenvalue weighted by Crippen LogP contribution is 2.42. The first-order valence-electron chi connectivity index (χ1n) is 7.69. The number of hydrogen-bond donors (Lipinski definition) is 1. The Morgan fingerprint density at radius 1 is 1.09 bits per heavy atom. The molecule has 0 saturated carbocycles. The second kappa shape index (κ2) is 5.97. The molecule has 0 bridgehead atoms. The van der Waals surface area contributed by atoms with Crippen LogP contribution in [0, 0.1) is 0 Å². The highest BCUT2D eigenvalue weighted by atomic mass is 16.3. The molecule has 23 heavy (non-hydrogen) atoms. The Hall–Kier alpha value is -2.46. The van der Waals surface area contributed by atoms with E-state index in [1.807, 2.05) is 42.5 Å². The molecule has 0 aromatic heterocycles. The van der Waals surface area contributed by atoms with Crippen LogP contribution >= 0.6 is 0 Å². The van der Waals surface area contributed by atoms with E-state index in [1.54, 1.807) is 17.0 Å². The van der Waals surface area contributed by atoms with Gasteiger partial charge in [0, 0.05) is 18.5 Å². The van der Waals surface area contributed by atoms with Crippen LogP contribution in [-0.4, -0.2) is 23.3 Å². The normalized spacial score (nSPS) is 19.7. The van der Waals surface area contributed by atoms with E-state index in [9.17, 15) is 14.7 Å². The van der Waals surface area contributed by atoms with Crippen molar-refractivity contribution in [3.63, 3.8) is 0 Å². The van der Waals surface area contributed by atoms with Crippen LogP contribution in [0.2, 0.25) is 0 Å². The first-order chi connectivity index (χ1) is 11.0. The van der Waals surface area contributed by atoms with Gasteiger partial charge in [0.2, 0.25) is 0 Å². The molecule has 1 amide bonds. The number of fused-ring (bicyclic) bond motifs is 1.